The Hall–Kier alpha value is -4.95. The second-order valence-corrected chi connectivity index (χ2v) is 7.14. The molecule has 15 heteroatoms. The van der Waals surface area contributed by atoms with E-state index in [1.54, 1.807) is 24.3 Å². The van der Waals surface area contributed by atoms with Gasteiger partial charge in [0.1, 0.15) is 0 Å². The van der Waals surface area contributed by atoms with Gasteiger partial charge in [-0.15, -0.1) is 10.2 Å². The predicted molar refractivity (Wildman–Crippen MR) is 117 cm³/mol. The van der Waals surface area contributed by atoms with E-state index in [0.29, 0.717) is 16.9 Å². The van der Waals surface area contributed by atoms with Crippen molar-refractivity contribution in [2.24, 2.45) is 0 Å². The number of nitrogens with zero attached hydrogens (tertiary/aromatic N) is 6. The Morgan fingerprint density at radius 1 is 1.18 bits per heavy atom. The van der Waals surface area contributed by atoms with Crippen LogP contribution in [-0.2, 0) is 11.3 Å². The average molecular weight is 465 g/mol. The highest BCUT2D eigenvalue weighted by Crippen LogP contribution is 2.16. The molecular formula is C19H19N11O4. The van der Waals surface area contributed by atoms with Crippen LogP contribution < -0.4 is 21.9 Å². The van der Waals surface area contributed by atoms with Gasteiger partial charge in [-0.1, -0.05) is 5.21 Å². The first-order valence-electron chi connectivity index (χ1n) is 10.0. The number of H-pyrrole nitrogens is 2. The molecule has 0 fully saturated rings. The summed E-state index contributed by atoms with van der Waals surface area (Å²) in [5, 5.41) is 28.2. The molecule has 0 spiro atoms. The molecule has 1 aromatic carbocycles. The van der Waals surface area contributed by atoms with Gasteiger partial charge in [0.15, 0.2) is 17.0 Å². The number of tetrazole rings is 1. The number of carboxylic acids is 1. The third-order valence-corrected chi connectivity index (χ3v) is 4.73. The quantitative estimate of drug-likeness (QED) is 0.188. The Bertz CT molecular complexity index is 1370. The standard InChI is InChI=1S/C19H19N11O4/c20-19-25-16-14(18(34)26-19)23-11(8-22-16)7-21-10-3-1-9(2-4-10)17(33)24-12(5-6-13(31)32)15-27-29-30-28-15/h1-4,8,12,21H,5-7H2,(H,24,33)(H,31,32)(H,27,28,29,30)(H3,20,22,25,26,34)/t12-/m0/s1. The van der Waals surface area contributed by atoms with Crippen molar-refractivity contribution in [3.63, 3.8) is 0 Å². The zero-order chi connectivity index (χ0) is 24.1. The van der Waals surface area contributed by atoms with Crippen molar-refractivity contribution in [2.45, 2.75) is 25.4 Å². The molecule has 0 aliphatic rings. The predicted octanol–water partition coefficient (Wildman–Crippen LogP) is -0.244. The minimum absolute atomic E-state index is 0.0349. The van der Waals surface area contributed by atoms with Gasteiger partial charge in [-0.2, -0.15) is 10.2 Å². The maximum Gasteiger partial charge on any atom is 0.303 e. The van der Waals surface area contributed by atoms with Gasteiger partial charge in [0, 0.05) is 17.7 Å². The summed E-state index contributed by atoms with van der Waals surface area (Å²) in [7, 11) is 0. The van der Waals surface area contributed by atoms with Crippen LogP contribution in [0.1, 0.15) is 40.8 Å². The number of nitrogens with two attached hydrogens (primary N) is 1. The van der Waals surface area contributed by atoms with E-state index >= 15 is 0 Å². The van der Waals surface area contributed by atoms with Crippen molar-refractivity contribution in [3.8, 4) is 0 Å². The number of carbonyl (C=O) groups is 2. The number of nitrogen functional groups attached to an aromatic ring is 1. The Morgan fingerprint density at radius 2 is 1.97 bits per heavy atom. The first-order chi connectivity index (χ1) is 16.4. The highest BCUT2D eigenvalue weighted by Gasteiger charge is 2.20. The largest absolute Gasteiger partial charge is 0.481 e. The molecule has 3 aromatic heterocycles. The van der Waals surface area contributed by atoms with Crippen molar-refractivity contribution >= 4 is 34.7 Å². The fourth-order valence-electron chi connectivity index (χ4n) is 3.08. The molecule has 174 valence electrons. The summed E-state index contributed by atoms with van der Waals surface area (Å²) < 4.78 is 0. The van der Waals surface area contributed by atoms with Gasteiger partial charge < -0.3 is 21.5 Å². The second-order valence-electron chi connectivity index (χ2n) is 7.14. The van der Waals surface area contributed by atoms with Crippen LogP contribution in [-0.4, -0.2) is 57.5 Å². The fraction of sp³-hybridized carbons (Fsp3) is 0.211. The van der Waals surface area contributed by atoms with E-state index in [2.05, 4.69) is 51.2 Å². The number of amides is 1. The number of nitrogens with one attached hydrogen (secondary N) is 4. The van der Waals surface area contributed by atoms with E-state index in [4.69, 9.17) is 10.8 Å². The number of aromatic nitrogens is 8. The summed E-state index contributed by atoms with van der Waals surface area (Å²) >= 11 is 0. The number of aliphatic carboxylic acids is 1. The second kappa shape index (κ2) is 9.68. The van der Waals surface area contributed by atoms with E-state index < -0.39 is 23.5 Å². The lowest BCUT2D eigenvalue weighted by atomic mass is 10.1. The molecule has 0 saturated carbocycles. The Kier molecular flexibility index (Phi) is 6.33. The molecule has 4 aromatic rings. The minimum Gasteiger partial charge on any atom is -0.481 e. The van der Waals surface area contributed by atoms with E-state index in [0.717, 1.165) is 0 Å². The Labute approximate surface area is 190 Å². The molecule has 1 amide bonds. The van der Waals surface area contributed by atoms with Gasteiger partial charge >= 0.3 is 5.97 Å². The van der Waals surface area contributed by atoms with Gasteiger partial charge in [-0.05, 0) is 30.7 Å². The first kappa shape index (κ1) is 22.3. The molecule has 0 radical (unpaired) electrons. The summed E-state index contributed by atoms with van der Waals surface area (Å²) in [6.45, 7) is 0.271. The molecule has 34 heavy (non-hydrogen) atoms. The number of hydrogen-bond donors (Lipinski definition) is 6. The van der Waals surface area contributed by atoms with Crippen LogP contribution >= 0.6 is 0 Å². The third kappa shape index (κ3) is 5.26. The van der Waals surface area contributed by atoms with E-state index in [1.807, 2.05) is 0 Å². The molecule has 4 rings (SSSR count). The van der Waals surface area contributed by atoms with Crippen LogP contribution in [0.2, 0.25) is 0 Å². The van der Waals surface area contributed by atoms with Gasteiger partial charge in [0.25, 0.3) is 11.5 Å². The molecule has 3 heterocycles. The maximum atomic E-state index is 12.6. The molecule has 1 atom stereocenters. The maximum absolute atomic E-state index is 12.6. The number of rotatable bonds is 9. The molecule has 0 aliphatic carbocycles. The molecule has 0 aliphatic heterocycles. The van der Waals surface area contributed by atoms with Gasteiger partial charge in [0.2, 0.25) is 5.95 Å². The minimum atomic E-state index is -1.00. The van der Waals surface area contributed by atoms with Crippen LogP contribution in [0.3, 0.4) is 0 Å². The van der Waals surface area contributed by atoms with E-state index in [1.165, 1.54) is 6.20 Å². The van der Waals surface area contributed by atoms with Crippen LogP contribution in [0.15, 0.2) is 35.3 Å². The monoisotopic (exact) mass is 465 g/mol. The summed E-state index contributed by atoms with van der Waals surface area (Å²) in [5.41, 5.74) is 6.82. The van der Waals surface area contributed by atoms with E-state index in [-0.39, 0.29) is 42.3 Å². The van der Waals surface area contributed by atoms with Crippen LogP contribution in [0.4, 0.5) is 11.6 Å². The van der Waals surface area contributed by atoms with E-state index in [9.17, 15) is 14.4 Å². The number of hydrogen-bond acceptors (Lipinski definition) is 11. The van der Waals surface area contributed by atoms with Crippen molar-refractivity contribution in [2.75, 3.05) is 11.1 Å². The number of anilines is 2. The fourth-order valence-corrected chi connectivity index (χ4v) is 3.08. The zero-order valence-electron chi connectivity index (χ0n) is 17.5. The highest BCUT2D eigenvalue weighted by molar-refractivity contribution is 5.94. The van der Waals surface area contributed by atoms with Crippen molar-refractivity contribution < 1.29 is 14.7 Å². The summed E-state index contributed by atoms with van der Waals surface area (Å²) in [4.78, 5) is 50.2. The molecule has 0 bridgehead atoms. The normalized spacial score (nSPS) is 11.8. The number of aromatic amines is 2. The molecule has 0 unspecified atom stereocenters. The molecule has 0 saturated heterocycles. The van der Waals surface area contributed by atoms with Gasteiger partial charge in [-0.3, -0.25) is 19.4 Å². The lowest BCUT2D eigenvalue weighted by Gasteiger charge is -2.14. The Morgan fingerprint density at radius 3 is 2.68 bits per heavy atom. The molecular weight excluding hydrogens is 446 g/mol. The van der Waals surface area contributed by atoms with Crippen LogP contribution in [0.25, 0.3) is 11.2 Å². The average Bonchev–Trinajstić information content (AvgIpc) is 3.35. The summed E-state index contributed by atoms with van der Waals surface area (Å²) in [6, 6.07) is 5.88. The SMILES string of the molecule is Nc1nc2ncc(CNc3ccc(C(=O)N[C@@H](CCC(=O)O)c4nn[nH]n4)cc3)nc2c(=O)[nH]1. The topological polar surface area (TPSA) is 230 Å². The van der Waals surface area contributed by atoms with Crippen molar-refractivity contribution in [1.82, 2.24) is 45.9 Å². The number of carbonyl (C=O) groups excluding carboxylic acids is 1. The first-order valence-corrected chi connectivity index (χ1v) is 10.0. The lowest BCUT2D eigenvalue weighted by molar-refractivity contribution is -0.137. The Balaban J connectivity index is 1.39. The lowest BCUT2D eigenvalue weighted by Crippen LogP contribution is -2.29. The van der Waals surface area contributed by atoms with Crippen LogP contribution in [0, 0.1) is 0 Å². The molecule has 7 N–H and O–H groups in total. The van der Waals surface area contributed by atoms with Gasteiger partial charge in [-0.25, -0.2) is 9.97 Å². The van der Waals surface area contributed by atoms with Crippen LogP contribution in [0.5, 0.6) is 0 Å². The third-order valence-electron chi connectivity index (χ3n) is 4.73. The molecule has 15 nitrogen and oxygen atoms in total. The summed E-state index contributed by atoms with van der Waals surface area (Å²) in [6.07, 6.45) is 1.42. The number of carboxylic acid groups (broad SMARTS) is 1. The van der Waals surface area contributed by atoms with Crippen molar-refractivity contribution in [1.29, 1.82) is 0 Å². The van der Waals surface area contributed by atoms with Crippen molar-refractivity contribution in [3.05, 3.63) is 57.9 Å². The number of fused-ring (bicyclic) bond motifs is 1. The zero-order valence-corrected chi connectivity index (χ0v) is 17.5. The van der Waals surface area contributed by atoms with Gasteiger partial charge in [0.05, 0.1) is 24.5 Å². The smallest absolute Gasteiger partial charge is 0.303 e. The highest BCUT2D eigenvalue weighted by atomic mass is 16.4. The summed E-state index contributed by atoms with van der Waals surface area (Å²) in [5.74, 6) is -1.26. The number of benzene rings is 1.